The van der Waals surface area contributed by atoms with Crippen LogP contribution < -0.4 is 0 Å². The van der Waals surface area contributed by atoms with Gasteiger partial charge in [-0.1, -0.05) is 95.0 Å². The summed E-state index contributed by atoms with van der Waals surface area (Å²) < 4.78 is 0. The van der Waals surface area contributed by atoms with E-state index in [-0.39, 0.29) is 17.7 Å². The van der Waals surface area contributed by atoms with Gasteiger partial charge in [0.1, 0.15) is 6.04 Å². The zero-order valence-corrected chi connectivity index (χ0v) is 15.0. The fourth-order valence-electron chi connectivity index (χ4n) is 3.40. The quantitative estimate of drug-likeness (QED) is 0.311. The molecule has 0 spiro atoms. The molecule has 1 aromatic rings. The van der Waals surface area contributed by atoms with Gasteiger partial charge in [0, 0.05) is 6.54 Å². The molecule has 0 aliphatic carbocycles. The maximum absolute atomic E-state index is 11.8. The van der Waals surface area contributed by atoms with E-state index in [2.05, 4.69) is 6.92 Å². The van der Waals surface area contributed by atoms with E-state index in [0.29, 0.717) is 6.54 Å². The molecule has 0 aromatic heterocycles. The molecular formula is C21H31NO2. The van der Waals surface area contributed by atoms with Crippen molar-refractivity contribution < 1.29 is 9.59 Å². The largest absolute Gasteiger partial charge is 0.321 e. The van der Waals surface area contributed by atoms with Crippen molar-refractivity contribution in [3.05, 3.63) is 35.9 Å². The molecule has 1 unspecified atom stereocenters. The first-order chi connectivity index (χ1) is 11.7. The van der Waals surface area contributed by atoms with Crippen molar-refractivity contribution in [3.8, 4) is 0 Å². The third kappa shape index (κ3) is 5.47. The van der Waals surface area contributed by atoms with E-state index in [1.54, 1.807) is 4.90 Å². The van der Waals surface area contributed by atoms with Gasteiger partial charge in [-0.05, 0) is 12.0 Å². The summed E-state index contributed by atoms with van der Waals surface area (Å²) in [6.45, 7) is 2.81. The molecule has 1 aliphatic rings. The lowest BCUT2D eigenvalue weighted by Gasteiger charge is -2.38. The highest BCUT2D eigenvalue weighted by Gasteiger charge is 2.45. The summed E-state index contributed by atoms with van der Waals surface area (Å²) >= 11 is 0. The van der Waals surface area contributed by atoms with Crippen LogP contribution in [0.2, 0.25) is 0 Å². The van der Waals surface area contributed by atoms with Crippen LogP contribution >= 0.6 is 0 Å². The number of ketones is 1. The highest BCUT2D eigenvalue weighted by molar-refractivity contribution is 6.44. The fourth-order valence-corrected chi connectivity index (χ4v) is 3.40. The zero-order chi connectivity index (χ0) is 17.2. The van der Waals surface area contributed by atoms with E-state index in [9.17, 15) is 9.59 Å². The SMILES string of the molecule is CCCCCCCCCCCC1C(=O)C(=O)N1Cc1ccccc1. The van der Waals surface area contributed by atoms with E-state index < -0.39 is 0 Å². The number of nitrogens with zero attached hydrogens (tertiary/aromatic N) is 1. The lowest BCUT2D eigenvalue weighted by atomic mass is 9.93. The molecule has 0 saturated carbocycles. The molecule has 1 heterocycles. The Kier molecular flexibility index (Phi) is 8.00. The first-order valence-electron chi connectivity index (χ1n) is 9.62. The number of amides is 1. The Bertz CT molecular complexity index is 512. The molecule has 1 saturated heterocycles. The van der Waals surface area contributed by atoms with Gasteiger partial charge < -0.3 is 4.90 Å². The molecule has 0 radical (unpaired) electrons. The lowest BCUT2D eigenvalue weighted by molar-refractivity contribution is -0.162. The summed E-state index contributed by atoms with van der Waals surface area (Å²) in [7, 11) is 0. The fraction of sp³-hybridized carbons (Fsp3) is 0.619. The number of hydrogen-bond acceptors (Lipinski definition) is 2. The van der Waals surface area contributed by atoms with Crippen molar-refractivity contribution in [3.63, 3.8) is 0 Å². The summed E-state index contributed by atoms with van der Waals surface area (Å²) in [5, 5.41) is 0. The maximum Gasteiger partial charge on any atom is 0.293 e. The molecule has 1 amide bonds. The Balaban J connectivity index is 1.61. The molecule has 24 heavy (non-hydrogen) atoms. The van der Waals surface area contributed by atoms with Crippen LogP contribution in [-0.2, 0) is 16.1 Å². The number of Topliss-reactive ketones (excluding diaryl/α,β-unsaturated/α-hetero) is 1. The second-order valence-corrected chi connectivity index (χ2v) is 6.92. The van der Waals surface area contributed by atoms with Crippen molar-refractivity contribution in [1.29, 1.82) is 0 Å². The van der Waals surface area contributed by atoms with Crippen molar-refractivity contribution in [1.82, 2.24) is 4.90 Å². The Labute approximate surface area is 146 Å². The molecule has 3 heteroatoms. The van der Waals surface area contributed by atoms with Gasteiger partial charge in [-0.2, -0.15) is 0 Å². The van der Waals surface area contributed by atoms with Crippen molar-refractivity contribution >= 4 is 11.7 Å². The molecule has 132 valence electrons. The van der Waals surface area contributed by atoms with Gasteiger partial charge in [0.2, 0.25) is 5.78 Å². The summed E-state index contributed by atoms with van der Waals surface area (Å²) in [5.74, 6) is -0.495. The zero-order valence-electron chi connectivity index (χ0n) is 15.0. The second kappa shape index (κ2) is 10.3. The van der Waals surface area contributed by atoms with E-state index in [4.69, 9.17) is 0 Å². The Hall–Kier alpha value is -1.64. The molecule has 3 nitrogen and oxygen atoms in total. The third-order valence-corrected chi connectivity index (χ3v) is 4.93. The Morgan fingerprint density at radius 1 is 0.833 bits per heavy atom. The number of hydrogen-bond donors (Lipinski definition) is 0. The number of β-lactam (4-membered cyclic amide) rings is 1. The molecular weight excluding hydrogens is 298 g/mol. The van der Waals surface area contributed by atoms with Crippen LogP contribution in [0.25, 0.3) is 0 Å². The van der Waals surface area contributed by atoms with E-state index in [1.807, 2.05) is 30.3 Å². The monoisotopic (exact) mass is 329 g/mol. The van der Waals surface area contributed by atoms with Gasteiger partial charge in [-0.3, -0.25) is 9.59 Å². The van der Waals surface area contributed by atoms with Gasteiger partial charge in [0.25, 0.3) is 5.91 Å². The number of benzene rings is 1. The van der Waals surface area contributed by atoms with E-state index in [0.717, 1.165) is 18.4 Å². The van der Waals surface area contributed by atoms with Crippen LogP contribution in [0.15, 0.2) is 30.3 Å². The number of carbonyl (C=O) groups excluding carboxylic acids is 2. The normalized spacial score (nSPS) is 17.2. The van der Waals surface area contributed by atoms with Gasteiger partial charge in [-0.25, -0.2) is 0 Å². The van der Waals surface area contributed by atoms with E-state index >= 15 is 0 Å². The topological polar surface area (TPSA) is 37.4 Å². The number of carbonyl (C=O) groups is 2. The number of rotatable bonds is 12. The summed E-state index contributed by atoms with van der Waals surface area (Å²) in [6, 6.07) is 9.74. The summed E-state index contributed by atoms with van der Waals surface area (Å²) in [5.41, 5.74) is 1.09. The minimum absolute atomic E-state index is 0.178. The van der Waals surface area contributed by atoms with Gasteiger partial charge >= 0.3 is 0 Å². The van der Waals surface area contributed by atoms with Crippen molar-refractivity contribution in [2.75, 3.05) is 0 Å². The smallest absolute Gasteiger partial charge is 0.293 e. The molecule has 2 rings (SSSR count). The van der Waals surface area contributed by atoms with Crippen LogP contribution in [0.4, 0.5) is 0 Å². The molecule has 1 aromatic carbocycles. The maximum atomic E-state index is 11.8. The minimum Gasteiger partial charge on any atom is -0.321 e. The molecule has 0 bridgehead atoms. The molecule has 1 aliphatic heterocycles. The predicted molar refractivity (Wildman–Crippen MR) is 97.6 cm³/mol. The van der Waals surface area contributed by atoms with Crippen molar-refractivity contribution in [2.45, 2.75) is 83.7 Å². The first-order valence-corrected chi connectivity index (χ1v) is 9.62. The van der Waals surface area contributed by atoms with Crippen LogP contribution in [0, 0.1) is 0 Å². The average molecular weight is 329 g/mol. The van der Waals surface area contributed by atoms with Crippen molar-refractivity contribution in [2.24, 2.45) is 0 Å². The van der Waals surface area contributed by atoms with Crippen LogP contribution in [-0.4, -0.2) is 22.6 Å². The second-order valence-electron chi connectivity index (χ2n) is 6.92. The molecule has 0 N–H and O–H groups in total. The van der Waals surface area contributed by atoms with Gasteiger partial charge in [0.15, 0.2) is 0 Å². The van der Waals surface area contributed by atoms with E-state index in [1.165, 1.54) is 51.4 Å². The highest BCUT2D eigenvalue weighted by Crippen LogP contribution is 2.24. The number of likely N-dealkylation sites (tertiary alicyclic amines) is 1. The summed E-state index contributed by atoms with van der Waals surface area (Å²) in [4.78, 5) is 25.4. The van der Waals surface area contributed by atoms with Gasteiger partial charge in [0.05, 0.1) is 0 Å². The highest BCUT2D eigenvalue weighted by atomic mass is 16.2. The van der Waals surface area contributed by atoms with Crippen LogP contribution in [0.1, 0.15) is 76.7 Å². The van der Waals surface area contributed by atoms with Crippen LogP contribution in [0.3, 0.4) is 0 Å². The standard InChI is InChI=1S/C21H31NO2/c1-2-3-4-5-6-7-8-9-13-16-19-20(23)21(24)22(19)17-18-14-11-10-12-15-18/h10-12,14-15,19H,2-9,13,16-17H2,1H3. The van der Waals surface area contributed by atoms with Gasteiger partial charge in [-0.15, -0.1) is 0 Å². The first kappa shape index (κ1) is 18.7. The number of unbranched alkanes of at least 4 members (excludes halogenated alkanes) is 8. The molecule has 1 atom stereocenters. The Morgan fingerprint density at radius 2 is 1.42 bits per heavy atom. The lowest BCUT2D eigenvalue weighted by Crippen LogP contribution is -2.61. The minimum atomic E-state index is -0.306. The average Bonchev–Trinajstić information content (AvgIpc) is 2.62. The molecule has 1 fully saturated rings. The predicted octanol–water partition coefficient (Wildman–Crippen LogP) is 4.89. The Morgan fingerprint density at radius 3 is 2.04 bits per heavy atom. The summed E-state index contributed by atoms with van der Waals surface area (Å²) in [6.07, 6.45) is 12.3. The van der Waals surface area contributed by atoms with Crippen LogP contribution in [0.5, 0.6) is 0 Å². The third-order valence-electron chi connectivity index (χ3n) is 4.93.